The predicted molar refractivity (Wildman–Crippen MR) is 83.2 cm³/mol. The van der Waals surface area contributed by atoms with Crippen molar-refractivity contribution in [2.45, 2.75) is 26.2 Å². The van der Waals surface area contributed by atoms with E-state index >= 15 is 0 Å². The summed E-state index contributed by atoms with van der Waals surface area (Å²) in [6.07, 6.45) is -0.251. The first-order chi connectivity index (χ1) is 11.0. The van der Waals surface area contributed by atoms with Crippen molar-refractivity contribution in [1.29, 1.82) is 0 Å². The fourth-order valence-corrected chi connectivity index (χ4v) is 2.35. The number of nitrogens with zero attached hydrogens (tertiary/aromatic N) is 2. The summed E-state index contributed by atoms with van der Waals surface area (Å²) in [7, 11) is 0. The Morgan fingerprint density at radius 1 is 1.57 bits per heavy atom. The number of nitrogens with two attached hydrogens (primary N) is 1. The minimum absolute atomic E-state index is 0.0447. The lowest BCUT2D eigenvalue weighted by atomic mass is 9.88. The van der Waals surface area contributed by atoms with Gasteiger partial charge in [-0.3, -0.25) is 21.0 Å². The molecule has 1 atom stereocenters. The largest absolute Gasteiger partial charge is 0.426 e. The van der Waals surface area contributed by atoms with Crippen LogP contribution in [0, 0.1) is 10.1 Å². The Balaban J connectivity index is 2.49. The molecule has 1 amide bonds. The number of rotatable bonds is 4. The van der Waals surface area contributed by atoms with Gasteiger partial charge in [0.1, 0.15) is 5.76 Å². The van der Waals surface area contributed by atoms with Crippen molar-refractivity contribution in [2.75, 3.05) is 0 Å². The molecule has 0 radical (unpaired) electrons. The van der Waals surface area contributed by atoms with Crippen molar-refractivity contribution in [1.82, 2.24) is 10.9 Å². The highest BCUT2D eigenvalue weighted by atomic mass is 16.6. The van der Waals surface area contributed by atoms with Crippen molar-refractivity contribution in [3.63, 3.8) is 0 Å². The molecule has 0 saturated carbocycles. The molecular weight excluding hydrogens is 302 g/mol. The lowest BCUT2D eigenvalue weighted by Crippen LogP contribution is -2.34. The number of allylic oxidation sites excluding steroid dienone is 2. The van der Waals surface area contributed by atoms with Crippen LogP contribution in [0.5, 0.6) is 0 Å². The zero-order valence-corrected chi connectivity index (χ0v) is 12.7. The van der Waals surface area contributed by atoms with Crippen molar-refractivity contribution in [3.8, 4) is 0 Å². The number of carbonyl (C=O) groups is 1. The lowest BCUT2D eigenvalue weighted by molar-refractivity contribution is -0.384. The quantitative estimate of drug-likeness (QED) is 0.336. The van der Waals surface area contributed by atoms with E-state index < -0.39 is 16.9 Å². The molecule has 1 aromatic rings. The number of hydrogen-bond acceptors (Lipinski definition) is 7. The van der Waals surface area contributed by atoms with E-state index in [1.165, 1.54) is 12.1 Å². The van der Waals surface area contributed by atoms with E-state index in [-0.39, 0.29) is 5.69 Å². The molecule has 0 bridgehead atoms. The Hall–Kier alpha value is -2.94. The number of amides is 1. The molecule has 9 heteroatoms. The van der Waals surface area contributed by atoms with Crippen LogP contribution in [0.1, 0.15) is 31.7 Å². The first kappa shape index (κ1) is 16.4. The second-order valence-electron chi connectivity index (χ2n) is 4.88. The molecule has 0 spiro atoms. The van der Waals surface area contributed by atoms with Crippen LogP contribution in [-0.4, -0.2) is 16.7 Å². The first-order valence-corrected chi connectivity index (χ1v) is 6.94. The van der Waals surface area contributed by atoms with E-state index in [0.29, 0.717) is 29.2 Å². The second-order valence-corrected chi connectivity index (χ2v) is 4.88. The van der Waals surface area contributed by atoms with Crippen LogP contribution < -0.4 is 16.7 Å². The lowest BCUT2D eigenvalue weighted by Gasteiger charge is -2.27. The molecule has 1 aliphatic rings. The number of benzene rings is 1. The molecular formula is C14H17N5O4. The average molecular weight is 319 g/mol. The second kappa shape index (κ2) is 6.88. The summed E-state index contributed by atoms with van der Waals surface area (Å²) >= 11 is 0. The van der Waals surface area contributed by atoms with Gasteiger partial charge in [-0.25, -0.2) is 10.6 Å². The number of non-ortho nitro benzene ring substituents is 1. The zero-order valence-electron chi connectivity index (χ0n) is 12.7. The van der Waals surface area contributed by atoms with E-state index in [9.17, 15) is 14.9 Å². The molecule has 1 aliphatic heterocycles. The third-order valence-corrected chi connectivity index (χ3v) is 3.43. The molecule has 0 fully saturated rings. The number of nitrogens with one attached hydrogen (secondary N) is 2. The minimum atomic E-state index is -0.825. The van der Waals surface area contributed by atoms with Crippen molar-refractivity contribution >= 4 is 17.5 Å². The van der Waals surface area contributed by atoms with Crippen LogP contribution in [0.2, 0.25) is 0 Å². The van der Waals surface area contributed by atoms with Crippen LogP contribution >= 0.6 is 0 Å². The first-order valence-electron chi connectivity index (χ1n) is 6.94. The Morgan fingerprint density at radius 3 is 2.91 bits per heavy atom. The Labute approximate surface area is 132 Å². The Kier molecular flexibility index (Phi) is 4.91. The average Bonchev–Trinajstić information content (AvgIpc) is 2.56. The maximum Gasteiger partial charge on any atom is 0.426 e. The van der Waals surface area contributed by atoms with Gasteiger partial charge in [0.25, 0.3) is 5.69 Å². The minimum Gasteiger partial charge on any atom is -0.411 e. The van der Waals surface area contributed by atoms with E-state index in [4.69, 9.17) is 10.6 Å². The molecule has 2 rings (SSSR count). The number of nitro groups is 1. The smallest absolute Gasteiger partial charge is 0.411 e. The van der Waals surface area contributed by atoms with Gasteiger partial charge < -0.3 is 4.74 Å². The van der Waals surface area contributed by atoms with Crippen LogP contribution in [-0.2, 0) is 4.74 Å². The third kappa shape index (κ3) is 3.46. The van der Waals surface area contributed by atoms with Gasteiger partial charge in [0.2, 0.25) is 0 Å². The summed E-state index contributed by atoms with van der Waals surface area (Å²) in [6, 6.07) is 6.15. The van der Waals surface area contributed by atoms with Gasteiger partial charge >= 0.3 is 6.09 Å². The Morgan fingerprint density at radius 2 is 2.30 bits per heavy atom. The number of nitro benzene ring substituents is 1. The van der Waals surface area contributed by atoms with Crippen LogP contribution in [0.15, 0.2) is 40.8 Å². The predicted octanol–water partition coefficient (Wildman–Crippen LogP) is 1.88. The standard InChI is InChI=1S/C14H17N5O4/c1-3-11-12(9-5-4-6-10(7-9)19(21)22)13(8(2)17-18-11)23-14(20)16-15/h4-7,12,17H,3,15H2,1-2H3,(H,16,20). The number of ether oxygens (including phenoxy) is 1. The van der Waals surface area contributed by atoms with Crippen LogP contribution in [0.25, 0.3) is 0 Å². The summed E-state index contributed by atoms with van der Waals surface area (Å²) in [4.78, 5) is 22.0. The molecule has 23 heavy (non-hydrogen) atoms. The molecule has 122 valence electrons. The van der Waals surface area contributed by atoms with E-state index in [1.54, 1.807) is 19.1 Å². The highest BCUT2D eigenvalue weighted by Gasteiger charge is 2.31. The van der Waals surface area contributed by atoms with E-state index in [2.05, 4.69) is 10.5 Å². The maximum atomic E-state index is 11.5. The summed E-state index contributed by atoms with van der Waals surface area (Å²) in [6.45, 7) is 3.59. The highest BCUT2D eigenvalue weighted by molar-refractivity contribution is 5.94. The van der Waals surface area contributed by atoms with Crippen molar-refractivity contribution in [2.24, 2.45) is 10.9 Å². The summed E-state index contributed by atoms with van der Waals surface area (Å²) < 4.78 is 5.24. The fraction of sp³-hybridized carbons (Fsp3) is 0.286. The summed E-state index contributed by atoms with van der Waals surface area (Å²) in [5, 5.41) is 15.2. The zero-order chi connectivity index (χ0) is 17.0. The van der Waals surface area contributed by atoms with Crippen LogP contribution in [0.4, 0.5) is 10.5 Å². The van der Waals surface area contributed by atoms with Crippen molar-refractivity contribution < 1.29 is 14.5 Å². The van der Waals surface area contributed by atoms with Crippen LogP contribution in [0.3, 0.4) is 0 Å². The topological polar surface area (TPSA) is 132 Å². The molecule has 9 nitrogen and oxygen atoms in total. The maximum absolute atomic E-state index is 11.5. The van der Waals surface area contributed by atoms with Gasteiger partial charge in [0.05, 0.1) is 22.2 Å². The highest BCUT2D eigenvalue weighted by Crippen LogP contribution is 2.33. The summed E-state index contributed by atoms with van der Waals surface area (Å²) in [5.74, 6) is 4.87. The van der Waals surface area contributed by atoms with E-state index in [1.807, 2.05) is 12.3 Å². The van der Waals surface area contributed by atoms with Gasteiger partial charge in [-0.05, 0) is 18.9 Å². The summed E-state index contributed by atoms with van der Waals surface area (Å²) in [5.41, 5.74) is 6.47. The van der Waals surface area contributed by atoms with Gasteiger partial charge in [-0.15, -0.1) is 0 Å². The number of hydrazine groups is 1. The molecule has 1 aromatic carbocycles. The van der Waals surface area contributed by atoms with Gasteiger partial charge in [-0.1, -0.05) is 19.1 Å². The molecule has 0 saturated heterocycles. The van der Waals surface area contributed by atoms with E-state index in [0.717, 1.165) is 0 Å². The fourth-order valence-electron chi connectivity index (χ4n) is 2.35. The molecule has 4 N–H and O–H groups in total. The van der Waals surface area contributed by atoms with Gasteiger partial charge in [0, 0.05) is 12.1 Å². The SMILES string of the molecule is CCC1=NNC(C)=C(OC(=O)NN)C1c1cccc([N+](=O)[O-])c1. The molecule has 0 aromatic heterocycles. The monoisotopic (exact) mass is 319 g/mol. The molecule has 1 unspecified atom stereocenters. The number of carbonyl (C=O) groups excluding carboxylic acids is 1. The molecule has 1 heterocycles. The normalized spacial score (nSPS) is 17.2. The number of hydrazone groups is 1. The Bertz CT molecular complexity index is 698. The third-order valence-electron chi connectivity index (χ3n) is 3.43. The number of hydrogen-bond donors (Lipinski definition) is 3. The van der Waals surface area contributed by atoms with Gasteiger partial charge in [-0.2, -0.15) is 5.10 Å². The molecule has 0 aliphatic carbocycles. The van der Waals surface area contributed by atoms with Gasteiger partial charge in [0.15, 0.2) is 0 Å². The van der Waals surface area contributed by atoms with Crippen molar-refractivity contribution in [3.05, 3.63) is 51.4 Å².